The fourth-order valence-corrected chi connectivity index (χ4v) is 0.663. The lowest BCUT2D eigenvalue weighted by Crippen LogP contribution is -2.11. The van der Waals surface area contributed by atoms with Crippen LogP contribution in [-0.4, -0.2) is 33.3 Å². The lowest BCUT2D eigenvalue weighted by molar-refractivity contribution is -0.143. The van der Waals surface area contributed by atoms with E-state index in [4.69, 9.17) is 0 Å². The average molecular weight is 188 g/mol. The Kier molecular flexibility index (Phi) is 5.34. The maximum Gasteiger partial charge on any atom is 0.337 e. The van der Waals surface area contributed by atoms with Crippen LogP contribution in [0.15, 0.2) is 11.8 Å². The smallest absolute Gasteiger partial charge is 0.337 e. The topological polar surface area (TPSA) is 61.8 Å². The van der Waals surface area contributed by atoms with Gasteiger partial charge in [-0.25, -0.2) is 4.79 Å². The van der Waals surface area contributed by atoms with E-state index in [1.165, 1.54) is 21.3 Å². The Morgan fingerprint density at radius 3 is 2.15 bits per heavy atom. The Bertz CT molecular complexity index is 219. The van der Waals surface area contributed by atoms with Crippen molar-refractivity contribution in [2.24, 2.45) is 0 Å². The van der Waals surface area contributed by atoms with E-state index in [0.717, 1.165) is 6.26 Å². The minimum atomic E-state index is -0.604. The van der Waals surface area contributed by atoms with Crippen LogP contribution in [-0.2, 0) is 23.8 Å². The van der Waals surface area contributed by atoms with Crippen LogP contribution in [0.4, 0.5) is 0 Å². The number of carbonyl (C=O) groups is 2. The van der Waals surface area contributed by atoms with Crippen LogP contribution in [0.3, 0.4) is 0 Å². The van der Waals surface area contributed by atoms with Crippen molar-refractivity contribution in [2.45, 2.75) is 6.42 Å². The summed E-state index contributed by atoms with van der Waals surface area (Å²) in [5, 5.41) is 0. The van der Waals surface area contributed by atoms with Gasteiger partial charge in [0.15, 0.2) is 0 Å². The SMILES string of the molecule is COC=C(CC(=O)OC)C(=O)OC. The fourth-order valence-electron chi connectivity index (χ4n) is 0.663. The molecule has 0 aliphatic heterocycles. The average Bonchev–Trinajstić information content (AvgIpc) is 2.15. The normalized spacial score (nSPS) is 10.5. The van der Waals surface area contributed by atoms with E-state index in [0.29, 0.717) is 0 Å². The maximum absolute atomic E-state index is 11.0. The number of hydrogen-bond acceptors (Lipinski definition) is 5. The summed E-state index contributed by atoms with van der Waals surface area (Å²) < 4.78 is 13.4. The molecule has 0 N–H and O–H groups in total. The van der Waals surface area contributed by atoms with Gasteiger partial charge in [0, 0.05) is 0 Å². The third-order valence-electron chi connectivity index (χ3n) is 1.27. The zero-order chi connectivity index (χ0) is 10.3. The second-order valence-electron chi connectivity index (χ2n) is 2.12. The van der Waals surface area contributed by atoms with Gasteiger partial charge in [-0.3, -0.25) is 4.79 Å². The van der Waals surface area contributed by atoms with Crippen LogP contribution >= 0.6 is 0 Å². The van der Waals surface area contributed by atoms with E-state index in [2.05, 4.69) is 14.2 Å². The molecule has 0 saturated heterocycles. The van der Waals surface area contributed by atoms with Crippen molar-refractivity contribution in [1.82, 2.24) is 0 Å². The molecule has 0 radical (unpaired) electrons. The summed E-state index contributed by atoms with van der Waals surface area (Å²) in [5.74, 6) is -1.12. The number of ether oxygens (including phenoxy) is 3. The summed E-state index contributed by atoms with van der Waals surface area (Å²) in [7, 11) is 3.84. The molecule has 74 valence electrons. The second-order valence-corrected chi connectivity index (χ2v) is 2.12. The third kappa shape index (κ3) is 4.15. The first kappa shape index (κ1) is 11.5. The molecule has 0 aliphatic carbocycles. The molecule has 0 unspecified atom stereocenters. The van der Waals surface area contributed by atoms with E-state index >= 15 is 0 Å². The van der Waals surface area contributed by atoms with Crippen LogP contribution in [0.25, 0.3) is 0 Å². The molecule has 0 bridgehead atoms. The van der Waals surface area contributed by atoms with Gasteiger partial charge in [0.2, 0.25) is 0 Å². The summed E-state index contributed by atoms with van der Waals surface area (Å²) in [4.78, 5) is 21.8. The predicted molar refractivity (Wildman–Crippen MR) is 43.7 cm³/mol. The molecular weight excluding hydrogens is 176 g/mol. The van der Waals surface area contributed by atoms with E-state index in [1.807, 2.05) is 0 Å². The van der Waals surface area contributed by atoms with E-state index in [9.17, 15) is 9.59 Å². The first-order valence-corrected chi connectivity index (χ1v) is 3.52. The number of esters is 2. The van der Waals surface area contributed by atoms with Gasteiger partial charge in [0.1, 0.15) is 0 Å². The molecule has 0 aliphatic rings. The van der Waals surface area contributed by atoms with Crippen LogP contribution in [0.1, 0.15) is 6.42 Å². The number of hydrogen-bond donors (Lipinski definition) is 0. The van der Waals surface area contributed by atoms with Gasteiger partial charge in [0.25, 0.3) is 0 Å². The summed E-state index contributed by atoms with van der Waals surface area (Å²) in [6.07, 6.45) is 1.000. The number of methoxy groups -OCH3 is 3. The lowest BCUT2D eigenvalue weighted by Gasteiger charge is -2.02. The highest BCUT2D eigenvalue weighted by molar-refractivity contribution is 5.93. The molecule has 0 rings (SSSR count). The zero-order valence-corrected chi connectivity index (χ0v) is 7.83. The molecule has 0 amide bonds. The van der Waals surface area contributed by atoms with Crippen molar-refractivity contribution >= 4 is 11.9 Å². The quantitative estimate of drug-likeness (QED) is 0.359. The highest BCUT2D eigenvalue weighted by Crippen LogP contribution is 2.04. The number of carbonyl (C=O) groups excluding carboxylic acids is 2. The molecule has 0 aromatic carbocycles. The van der Waals surface area contributed by atoms with Gasteiger partial charge in [-0.05, 0) is 0 Å². The van der Waals surface area contributed by atoms with Crippen LogP contribution in [0.5, 0.6) is 0 Å². The Morgan fingerprint density at radius 1 is 1.15 bits per heavy atom. The van der Waals surface area contributed by atoms with Crippen LogP contribution < -0.4 is 0 Å². The van der Waals surface area contributed by atoms with Crippen LogP contribution in [0.2, 0.25) is 0 Å². The zero-order valence-electron chi connectivity index (χ0n) is 7.83. The highest BCUT2D eigenvalue weighted by Gasteiger charge is 2.14. The van der Waals surface area contributed by atoms with Gasteiger partial charge in [-0.15, -0.1) is 0 Å². The minimum Gasteiger partial charge on any atom is -0.504 e. The van der Waals surface area contributed by atoms with Gasteiger partial charge in [0.05, 0.1) is 39.6 Å². The van der Waals surface area contributed by atoms with Crippen molar-refractivity contribution in [3.63, 3.8) is 0 Å². The molecule has 0 atom stereocenters. The summed E-state index contributed by atoms with van der Waals surface area (Å²) in [6.45, 7) is 0. The monoisotopic (exact) mass is 188 g/mol. The van der Waals surface area contributed by atoms with Gasteiger partial charge in [-0.2, -0.15) is 0 Å². The largest absolute Gasteiger partial charge is 0.504 e. The lowest BCUT2D eigenvalue weighted by atomic mass is 10.2. The first-order chi connectivity index (χ1) is 6.15. The van der Waals surface area contributed by atoms with Crippen molar-refractivity contribution in [3.8, 4) is 0 Å². The van der Waals surface area contributed by atoms with Crippen molar-refractivity contribution in [3.05, 3.63) is 11.8 Å². The van der Waals surface area contributed by atoms with Crippen LogP contribution in [0, 0.1) is 0 Å². The van der Waals surface area contributed by atoms with Crippen molar-refractivity contribution < 1.29 is 23.8 Å². The van der Waals surface area contributed by atoms with E-state index in [1.54, 1.807) is 0 Å². The fraction of sp³-hybridized carbons (Fsp3) is 0.500. The Balaban J connectivity index is 4.36. The van der Waals surface area contributed by atoms with Gasteiger partial charge in [-0.1, -0.05) is 0 Å². The van der Waals surface area contributed by atoms with Crippen molar-refractivity contribution in [1.29, 1.82) is 0 Å². The third-order valence-corrected chi connectivity index (χ3v) is 1.27. The number of rotatable bonds is 4. The molecular formula is C8H12O5. The maximum atomic E-state index is 11.0. The van der Waals surface area contributed by atoms with Crippen molar-refractivity contribution in [2.75, 3.05) is 21.3 Å². The van der Waals surface area contributed by atoms with Gasteiger partial charge >= 0.3 is 11.9 Å². The Morgan fingerprint density at radius 2 is 1.77 bits per heavy atom. The van der Waals surface area contributed by atoms with E-state index in [-0.39, 0.29) is 12.0 Å². The molecule has 0 spiro atoms. The summed E-state index contributed by atoms with van der Waals surface area (Å²) in [5.41, 5.74) is 0.122. The second kappa shape index (κ2) is 6.05. The molecule has 0 aromatic rings. The van der Waals surface area contributed by atoms with E-state index < -0.39 is 11.9 Å². The Labute approximate surface area is 76.3 Å². The molecule has 5 nitrogen and oxygen atoms in total. The molecule has 0 heterocycles. The standard InChI is InChI=1S/C8H12O5/c1-11-5-6(8(10)13-3)4-7(9)12-2/h5H,4H2,1-3H3. The summed E-state index contributed by atoms with van der Waals surface area (Å²) >= 11 is 0. The molecule has 0 fully saturated rings. The molecule has 13 heavy (non-hydrogen) atoms. The van der Waals surface area contributed by atoms with Gasteiger partial charge < -0.3 is 14.2 Å². The molecule has 0 aromatic heterocycles. The predicted octanol–water partition coefficient (Wildman–Crippen LogP) is 0.253. The first-order valence-electron chi connectivity index (χ1n) is 3.52. The Hall–Kier alpha value is -1.52. The molecule has 5 heteroatoms. The minimum absolute atomic E-state index is 0.122. The molecule has 0 saturated carbocycles. The highest BCUT2D eigenvalue weighted by atomic mass is 16.5. The summed E-state index contributed by atoms with van der Waals surface area (Å²) in [6, 6.07) is 0.